The molecular formula is C9H7ClO2S. The number of halogens is 1. The molecule has 0 unspecified atom stereocenters. The molecule has 0 aromatic carbocycles. The van der Waals surface area contributed by atoms with Crippen molar-refractivity contribution in [2.45, 2.75) is 6.92 Å². The fourth-order valence-electron chi connectivity index (χ4n) is 0.834. The van der Waals surface area contributed by atoms with E-state index in [1.165, 1.54) is 11.3 Å². The van der Waals surface area contributed by atoms with Gasteiger partial charge in [0.05, 0.1) is 5.56 Å². The minimum Gasteiger partial charge on any atom is -0.449 e. The van der Waals surface area contributed by atoms with Crippen molar-refractivity contribution < 1.29 is 9.53 Å². The minimum absolute atomic E-state index is 0.0234. The van der Waals surface area contributed by atoms with E-state index in [2.05, 4.69) is 5.92 Å². The normalized spacial score (nSPS) is 9.31. The van der Waals surface area contributed by atoms with E-state index in [4.69, 9.17) is 22.8 Å². The predicted octanol–water partition coefficient (Wildman–Crippen LogP) is 2.50. The molecule has 4 heteroatoms. The smallest absolute Gasteiger partial charge is 0.341 e. The van der Waals surface area contributed by atoms with Gasteiger partial charge in [-0.25, -0.2) is 4.79 Å². The van der Waals surface area contributed by atoms with Crippen molar-refractivity contribution >= 4 is 28.9 Å². The van der Waals surface area contributed by atoms with Crippen LogP contribution >= 0.6 is 22.9 Å². The molecule has 0 aliphatic carbocycles. The van der Waals surface area contributed by atoms with Crippen LogP contribution in [0.15, 0.2) is 5.38 Å². The highest BCUT2D eigenvalue weighted by Gasteiger charge is 2.16. The molecule has 0 fully saturated rings. The maximum absolute atomic E-state index is 11.3. The SMILES string of the molecule is C#CCOC(=O)c1c(C)csc1Cl. The van der Waals surface area contributed by atoms with Gasteiger partial charge in [-0.3, -0.25) is 0 Å². The molecule has 0 radical (unpaired) electrons. The van der Waals surface area contributed by atoms with Gasteiger partial charge >= 0.3 is 5.97 Å². The van der Waals surface area contributed by atoms with Crippen LogP contribution in [-0.2, 0) is 4.74 Å². The highest BCUT2D eigenvalue weighted by atomic mass is 35.5. The molecule has 0 aliphatic rings. The van der Waals surface area contributed by atoms with E-state index in [9.17, 15) is 4.79 Å². The molecule has 0 atom stereocenters. The summed E-state index contributed by atoms with van der Waals surface area (Å²) in [5.74, 6) is 1.76. The van der Waals surface area contributed by atoms with Crippen molar-refractivity contribution in [3.63, 3.8) is 0 Å². The molecule has 0 bridgehead atoms. The van der Waals surface area contributed by atoms with Crippen LogP contribution < -0.4 is 0 Å². The highest BCUT2D eigenvalue weighted by molar-refractivity contribution is 7.15. The van der Waals surface area contributed by atoms with Gasteiger partial charge < -0.3 is 4.74 Å². The lowest BCUT2D eigenvalue weighted by Crippen LogP contribution is -2.05. The fraction of sp³-hybridized carbons (Fsp3) is 0.222. The van der Waals surface area contributed by atoms with E-state index in [-0.39, 0.29) is 6.61 Å². The Labute approximate surface area is 85.5 Å². The number of terminal acetylenes is 1. The summed E-state index contributed by atoms with van der Waals surface area (Å²) in [5.41, 5.74) is 1.24. The van der Waals surface area contributed by atoms with Crippen molar-refractivity contribution in [3.8, 4) is 12.3 Å². The fourth-order valence-corrected chi connectivity index (χ4v) is 1.95. The molecule has 0 amide bonds. The first kappa shape index (κ1) is 10.1. The molecule has 0 aliphatic heterocycles. The zero-order valence-corrected chi connectivity index (χ0v) is 8.54. The Morgan fingerprint density at radius 3 is 3.00 bits per heavy atom. The molecule has 1 aromatic rings. The second kappa shape index (κ2) is 4.31. The Hall–Kier alpha value is -0.980. The summed E-state index contributed by atoms with van der Waals surface area (Å²) in [6.45, 7) is 1.78. The van der Waals surface area contributed by atoms with Gasteiger partial charge in [-0.1, -0.05) is 17.5 Å². The van der Waals surface area contributed by atoms with Gasteiger partial charge in [0.2, 0.25) is 0 Å². The first-order valence-corrected chi connectivity index (χ1v) is 4.76. The Bertz CT molecular complexity index is 343. The summed E-state index contributed by atoms with van der Waals surface area (Å²) in [7, 11) is 0. The second-order valence-electron chi connectivity index (χ2n) is 2.35. The topological polar surface area (TPSA) is 26.3 Å². The summed E-state index contributed by atoms with van der Waals surface area (Å²) in [4.78, 5) is 11.3. The van der Waals surface area contributed by atoms with Gasteiger partial charge in [0.15, 0.2) is 6.61 Å². The number of carbonyl (C=O) groups is 1. The average molecular weight is 215 g/mol. The molecule has 0 N–H and O–H groups in total. The number of hydrogen-bond acceptors (Lipinski definition) is 3. The molecular weight excluding hydrogens is 208 g/mol. The third-order valence-electron chi connectivity index (χ3n) is 1.42. The largest absolute Gasteiger partial charge is 0.449 e. The maximum atomic E-state index is 11.3. The predicted molar refractivity (Wildman–Crippen MR) is 53.2 cm³/mol. The first-order chi connectivity index (χ1) is 6.16. The molecule has 2 nitrogen and oxygen atoms in total. The molecule has 1 aromatic heterocycles. The summed E-state index contributed by atoms with van der Waals surface area (Å²) in [5, 5.41) is 1.80. The zero-order chi connectivity index (χ0) is 9.84. The van der Waals surface area contributed by atoms with E-state index in [1.54, 1.807) is 12.3 Å². The van der Waals surface area contributed by atoms with Crippen LogP contribution in [0.5, 0.6) is 0 Å². The average Bonchev–Trinajstić information content (AvgIpc) is 2.42. The Kier molecular flexibility index (Phi) is 3.35. The van der Waals surface area contributed by atoms with Gasteiger partial charge in [-0.15, -0.1) is 17.8 Å². The van der Waals surface area contributed by atoms with Crippen LogP contribution in [0.4, 0.5) is 0 Å². The molecule has 0 spiro atoms. The van der Waals surface area contributed by atoms with E-state index in [0.29, 0.717) is 9.90 Å². The Morgan fingerprint density at radius 2 is 2.54 bits per heavy atom. The zero-order valence-electron chi connectivity index (χ0n) is 6.96. The lowest BCUT2D eigenvalue weighted by atomic mass is 10.2. The number of ether oxygens (including phenoxy) is 1. The van der Waals surface area contributed by atoms with Crippen LogP contribution in [-0.4, -0.2) is 12.6 Å². The van der Waals surface area contributed by atoms with Gasteiger partial charge in [0.25, 0.3) is 0 Å². The van der Waals surface area contributed by atoms with Crippen LogP contribution in [0.25, 0.3) is 0 Å². The van der Waals surface area contributed by atoms with Crippen molar-refractivity contribution in [2.75, 3.05) is 6.61 Å². The lowest BCUT2D eigenvalue weighted by molar-refractivity contribution is 0.0557. The van der Waals surface area contributed by atoms with Crippen LogP contribution in [0.2, 0.25) is 4.34 Å². The summed E-state index contributed by atoms with van der Waals surface area (Å²) < 4.78 is 5.19. The number of hydrogen-bond donors (Lipinski definition) is 0. The third kappa shape index (κ3) is 2.24. The number of esters is 1. The van der Waals surface area contributed by atoms with Gasteiger partial charge in [0, 0.05) is 0 Å². The lowest BCUT2D eigenvalue weighted by Gasteiger charge is -2.00. The van der Waals surface area contributed by atoms with Gasteiger partial charge in [-0.2, -0.15) is 0 Å². The molecule has 13 heavy (non-hydrogen) atoms. The molecule has 68 valence electrons. The maximum Gasteiger partial charge on any atom is 0.341 e. The van der Waals surface area contributed by atoms with E-state index < -0.39 is 5.97 Å². The van der Waals surface area contributed by atoms with Crippen molar-refractivity contribution in [1.29, 1.82) is 0 Å². The van der Waals surface area contributed by atoms with Gasteiger partial charge in [0.1, 0.15) is 4.34 Å². The van der Waals surface area contributed by atoms with E-state index in [1.807, 2.05) is 0 Å². The standard InChI is InChI=1S/C9H7ClO2S/c1-3-4-12-9(11)7-6(2)5-13-8(7)10/h1,5H,4H2,2H3. The van der Waals surface area contributed by atoms with Crippen molar-refractivity contribution in [3.05, 3.63) is 20.8 Å². The van der Waals surface area contributed by atoms with Crippen molar-refractivity contribution in [2.24, 2.45) is 0 Å². The Balaban J connectivity index is 2.83. The van der Waals surface area contributed by atoms with Crippen LogP contribution in [0.1, 0.15) is 15.9 Å². The summed E-state index contributed by atoms with van der Waals surface area (Å²) in [6, 6.07) is 0. The summed E-state index contributed by atoms with van der Waals surface area (Å²) >= 11 is 7.09. The van der Waals surface area contributed by atoms with Crippen LogP contribution in [0.3, 0.4) is 0 Å². The minimum atomic E-state index is -0.457. The van der Waals surface area contributed by atoms with Gasteiger partial charge in [-0.05, 0) is 17.9 Å². The first-order valence-electron chi connectivity index (χ1n) is 3.51. The molecule has 1 heterocycles. The second-order valence-corrected chi connectivity index (χ2v) is 3.83. The number of thiophene rings is 1. The third-order valence-corrected chi connectivity index (χ3v) is 2.76. The highest BCUT2D eigenvalue weighted by Crippen LogP contribution is 2.27. The van der Waals surface area contributed by atoms with Crippen molar-refractivity contribution in [1.82, 2.24) is 0 Å². The Morgan fingerprint density at radius 1 is 1.85 bits per heavy atom. The number of rotatable bonds is 2. The number of aryl methyl sites for hydroxylation is 1. The number of carbonyl (C=O) groups excluding carboxylic acids is 1. The monoisotopic (exact) mass is 214 g/mol. The molecule has 1 rings (SSSR count). The van der Waals surface area contributed by atoms with E-state index in [0.717, 1.165) is 5.56 Å². The van der Waals surface area contributed by atoms with Crippen LogP contribution in [0, 0.1) is 19.3 Å². The molecule has 0 saturated heterocycles. The molecule has 0 saturated carbocycles. The summed E-state index contributed by atoms with van der Waals surface area (Å²) in [6.07, 6.45) is 4.95. The van der Waals surface area contributed by atoms with E-state index >= 15 is 0 Å². The quantitative estimate of drug-likeness (QED) is 0.559.